The molecule has 0 aromatic heterocycles. The molecule has 1 amide bonds. The van der Waals surface area contributed by atoms with Crippen molar-refractivity contribution in [1.29, 1.82) is 0 Å². The number of rotatable bonds is 8. The SMILES string of the molecule is NC(CC1CCCCC1)C(O)C(=O)NNCc1cccc(OC(F)(F)F)c1. The number of halogens is 3. The summed E-state index contributed by atoms with van der Waals surface area (Å²) in [5.41, 5.74) is 11.3. The maximum Gasteiger partial charge on any atom is 0.573 e. The predicted octanol–water partition coefficient (Wildman–Crippen LogP) is 2.36. The van der Waals surface area contributed by atoms with Crippen molar-refractivity contribution in [3.8, 4) is 5.75 Å². The molecule has 1 aromatic rings. The molecule has 152 valence electrons. The molecule has 2 atom stereocenters. The van der Waals surface area contributed by atoms with Crippen LogP contribution in [0.15, 0.2) is 24.3 Å². The van der Waals surface area contributed by atoms with E-state index in [1.165, 1.54) is 24.6 Å². The number of hydrazine groups is 1. The van der Waals surface area contributed by atoms with E-state index in [1.807, 2.05) is 0 Å². The van der Waals surface area contributed by atoms with Gasteiger partial charge in [-0.05, 0) is 30.0 Å². The molecule has 0 saturated heterocycles. The Morgan fingerprint density at radius 2 is 2.00 bits per heavy atom. The minimum absolute atomic E-state index is 0.0609. The van der Waals surface area contributed by atoms with Gasteiger partial charge in [-0.1, -0.05) is 44.2 Å². The maximum atomic E-state index is 12.2. The first-order valence-electron chi connectivity index (χ1n) is 9.05. The lowest BCUT2D eigenvalue weighted by molar-refractivity contribution is -0.274. The van der Waals surface area contributed by atoms with Crippen molar-refractivity contribution >= 4 is 5.91 Å². The highest BCUT2D eigenvalue weighted by Gasteiger charge is 2.31. The summed E-state index contributed by atoms with van der Waals surface area (Å²) in [7, 11) is 0. The molecule has 0 aliphatic heterocycles. The van der Waals surface area contributed by atoms with Crippen LogP contribution >= 0.6 is 0 Å². The first kappa shape index (κ1) is 21.5. The second kappa shape index (κ2) is 9.91. The Labute approximate surface area is 156 Å². The highest BCUT2D eigenvalue weighted by Crippen LogP contribution is 2.27. The molecular formula is C18H26F3N3O3. The first-order valence-corrected chi connectivity index (χ1v) is 9.05. The number of aliphatic hydroxyl groups excluding tert-OH is 1. The number of carbonyl (C=O) groups is 1. The van der Waals surface area contributed by atoms with E-state index in [0.717, 1.165) is 25.7 Å². The zero-order valence-electron chi connectivity index (χ0n) is 15.0. The maximum absolute atomic E-state index is 12.2. The van der Waals surface area contributed by atoms with Crippen LogP contribution in [0.25, 0.3) is 0 Å². The Kier molecular flexibility index (Phi) is 7.88. The molecule has 6 nitrogen and oxygen atoms in total. The topological polar surface area (TPSA) is 96.6 Å². The lowest BCUT2D eigenvalue weighted by atomic mass is 9.84. The molecule has 0 spiro atoms. The number of hydrogen-bond donors (Lipinski definition) is 4. The van der Waals surface area contributed by atoms with E-state index in [9.17, 15) is 23.1 Å². The Morgan fingerprint density at radius 1 is 1.30 bits per heavy atom. The van der Waals surface area contributed by atoms with E-state index < -0.39 is 24.4 Å². The van der Waals surface area contributed by atoms with E-state index in [2.05, 4.69) is 15.6 Å². The van der Waals surface area contributed by atoms with Gasteiger partial charge in [-0.25, -0.2) is 5.43 Å². The summed E-state index contributed by atoms with van der Waals surface area (Å²) in [4.78, 5) is 12.0. The van der Waals surface area contributed by atoms with Gasteiger partial charge in [0.2, 0.25) is 0 Å². The van der Waals surface area contributed by atoms with E-state index in [1.54, 1.807) is 6.07 Å². The van der Waals surface area contributed by atoms with Crippen molar-refractivity contribution in [3.63, 3.8) is 0 Å². The minimum Gasteiger partial charge on any atom is -0.406 e. The van der Waals surface area contributed by atoms with Crippen LogP contribution in [-0.4, -0.2) is 29.5 Å². The fourth-order valence-electron chi connectivity index (χ4n) is 3.29. The van der Waals surface area contributed by atoms with E-state index in [0.29, 0.717) is 17.9 Å². The van der Waals surface area contributed by atoms with Gasteiger partial charge in [-0.2, -0.15) is 0 Å². The van der Waals surface area contributed by atoms with Crippen LogP contribution in [0.4, 0.5) is 13.2 Å². The fourth-order valence-corrected chi connectivity index (χ4v) is 3.29. The van der Waals surface area contributed by atoms with Gasteiger partial charge >= 0.3 is 6.36 Å². The van der Waals surface area contributed by atoms with Gasteiger partial charge in [-0.3, -0.25) is 10.2 Å². The van der Waals surface area contributed by atoms with Gasteiger partial charge in [0.05, 0.1) is 0 Å². The van der Waals surface area contributed by atoms with Gasteiger partial charge in [0.25, 0.3) is 5.91 Å². The highest BCUT2D eigenvalue weighted by atomic mass is 19.4. The van der Waals surface area contributed by atoms with E-state index >= 15 is 0 Å². The molecule has 1 aliphatic rings. The summed E-state index contributed by atoms with van der Waals surface area (Å²) < 4.78 is 40.5. The number of alkyl halides is 3. The minimum atomic E-state index is -4.77. The second-order valence-electron chi connectivity index (χ2n) is 6.89. The van der Waals surface area contributed by atoms with Crippen molar-refractivity contribution in [1.82, 2.24) is 10.9 Å². The van der Waals surface area contributed by atoms with Crippen LogP contribution < -0.4 is 21.3 Å². The summed E-state index contributed by atoms with van der Waals surface area (Å²) >= 11 is 0. The van der Waals surface area contributed by atoms with Gasteiger partial charge in [0.15, 0.2) is 0 Å². The van der Waals surface area contributed by atoms with Crippen molar-refractivity contribution in [2.75, 3.05) is 0 Å². The summed E-state index contributed by atoms with van der Waals surface area (Å²) in [5, 5.41) is 10.1. The zero-order chi connectivity index (χ0) is 19.9. The molecule has 2 unspecified atom stereocenters. The predicted molar refractivity (Wildman–Crippen MR) is 93.3 cm³/mol. The molecule has 0 heterocycles. The van der Waals surface area contributed by atoms with E-state index in [-0.39, 0.29) is 12.3 Å². The number of carbonyl (C=O) groups excluding carboxylic acids is 1. The van der Waals surface area contributed by atoms with Crippen molar-refractivity contribution in [2.24, 2.45) is 11.7 Å². The fraction of sp³-hybridized carbons (Fsp3) is 0.611. The number of ether oxygens (including phenoxy) is 1. The lowest BCUT2D eigenvalue weighted by Crippen LogP contribution is -2.50. The summed E-state index contributed by atoms with van der Waals surface area (Å²) in [6, 6.07) is 4.72. The number of hydrogen-bond acceptors (Lipinski definition) is 5. The highest BCUT2D eigenvalue weighted by molar-refractivity contribution is 5.80. The Hall–Kier alpha value is -1.84. The molecule has 5 N–H and O–H groups in total. The third-order valence-electron chi connectivity index (χ3n) is 4.64. The molecule has 1 saturated carbocycles. The van der Waals surface area contributed by atoms with Crippen LogP contribution in [0.2, 0.25) is 0 Å². The molecule has 1 aromatic carbocycles. The van der Waals surface area contributed by atoms with Gasteiger partial charge < -0.3 is 15.6 Å². The van der Waals surface area contributed by atoms with Gasteiger partial charge in [0, 0.05) is 12.6 Å². The number of amides is 1. The number of benzene rings is 1. The monoisotopic (exact) mass is 389 g/mol. The number of nitrogens with one attached hydrogen (secondary N) is 2. The summed E-state index contributed by atoms with van der Waals surface area (Å²) in [6.07, 6.45) is 0.126. The van der Waals surface area contributed by atoms with Gasteiger partial charge in [-0.15, -0.1) is 13.2 Å². The zero-order valence-corrected chi connectivity index (χ0v) is 15.0. The van der Waals surface area contributed by atoms with Crippen molar-refractivity contribution in [3.05, 3.63) is 29.8 Å². The first-order chi connectivity index (χ1) is 12.7. The molecule has 9 heteroatoms. The normalized spacial score (nSPS) is 18.0. The molecule has 27 heavy (non-hydrogen) atoms. The van der Waals surface area contributed by atoms with Crippen LogP contribution in [0, 0.1) is 5.92 Å². The Morgan fingerprint density at radius 3 is 2.67 bits per heavy atom. The molecule has 1 fully saturated rings. The van der Waals surface area contributed by atoms with Crippen molar-refractivity contribution in [2.45, 2.75) is 63.6 Å². The van der Waals surface area contributed by atoms with Crippen LogP contribution in [0.3, 0.4) is 0 Å². The van der Waals surface area contributed by atoms with E-state index in [4.69, 9.17) is 5.73 Å². The largest absolute Gasteiger partial charge is 0.573 e. The molecule has 0 bridgehead atoms. The standard InChI is InChI=1S/C18H26F3N3O3/c19-18(20,21)27-14-8-4-7-13(9-14)11-23-24-17(26)16(25)15(22)10-12-5-2-1-3-6-12/h4,7-9,12,15-16,23,25H,1-3,5-6,10-11,22H2,(H,24,26). The van der Waals surface area contributed by atoms with Gasteiger partial charge in [0.1, 0.15) is 11.9 Å². The molecule has 1 aliphatic carbocycles. The van der Waals surface area contributed by atoms with Crippen LogP contribution in [-0.2, 0) is 11.3 Å². The number of nitrogens with two attached hydrogens (primary N) is 1. The lowest BCUT2D eigenvalue weighted by Gasteiger charge is -2.26. The third kappa shape index (κ3) is 7.74. The average Bonchev–Trinajstić information content (AvgIpc) is 2.60. The molecular weight excluding hydrogens is 363 g/mol. The Bertz CT molecular complexity index is 607. The smallest absolute Gasteiger partial charge is 0.406 e. The van der Waals surface area contributed by atoms with Crippen LogP contribution in [0.1, 0.15) is 44.1 Å². The third-order valence-corrected chi connectivity index (χ3v) is 4.64. The second-order valence-corrected chi connectivity index (χ2v) is 6.89. The summed E-state index contributed by atoms with van der Waals surface area (Å²) in [5.74, 6) is -0.579. The van der Waals surface area contributed by atoms with Crippen LogP contribution in [0.5, 0.6) is 5.75 Å². The average molecular weight is 389 g/mol. The number of aliphatic hydroxyl groups is 1. The van der Waals surface area contributed by atoms with Crippen molar-refractivity contribution < 1.29 is 27.8 Å². The Balaban J connectivity index is 1.75. The molecule has 2 rings (SSSR count). The molecule has 0 radical (unpaired) electrons. The summed E-state index contributed by atoms with van der Waals surface area (Å²) in [6.45, 7) is 0.0609. The quantitative estimate of drug-likeness (QED) is 0.512.